The molecule has 0 saturated heterocycles. The van der Waals surface area contributed by atoms with E-state index in [1.165, 1.54) is 16.7 Å². The zero-order valence-electron chi connectivity index (χ0n) is 21.7. The monoisotopic (exact) mass is 536 g/mol. The Morgan fingerprint density at radius 1 is 0.788 bits per heavy atom. The first-order valence-electron chi connectivity index (χ1n) is 11.6. The number of allylic oxidation sites excluding steroid dienone is 5. The number of benzene rings is 2. The van der Waals surface area contributed by atoms with Crippen molar-refractivity contribution < 1.29 is 30.6 Å². The van der Waals surface area contributed by atoms with E-state index in [1.54, 1.807) is 27.9 Å². The topological polar surface area (TPSA) is 46.1 Å². The van der Waals surface area contributed by atoms with Gasteiger partial charge < -0.3 is 10.2 Å². The quantitative estimate of drug-likeness (QED) is 0.458. The molecule has 2 aliphatic rings. The normalized spacial score (nSPS) is 18.4. The molecule has 2 nitrogen and oxygen atoms in total. The fourth-order valence-corrected chi connectivity index (χ4v) is 25.9. The molecule has 2 aliphatic carbocycles. The van der Waals surface area contributed by atoms with Gasteiger partial charge in [0.05, 0.1) is 0 Å². The van der Waals surface area contributed by atoms with E-state index < -0.39 is 20.4 Å². The third kappa shape index (κ3) is 5.35. The molecule has 0 N–H and O–H groups in total. The Labute approximate surface area is 209 Å². The summed E-state index contributed by atoms with van der Waals surface area (Å²) < 4.78 is 2.63. The summed E-state index contributed by atoms with van der Waals surface area (Å²) in [4.78, 5) is 0. The van der Waals surface area contributed by atoms with E-state index in [-0.39, 0.29) is 5.43 Å². The van der Waals surface area contributed by atoms with Crippen molar-refractivity contribution in [2.45, 2.75) is 51.3 Å². The summed E-state index contributed by atoms with van der Waals surface area (Å²) in [6.45, 7) is 17.2. The standard InChI is InChI=1S/C16H13.C9H13.C2H6Si.2CH3O.Zr/c1-12-10-14-8-5-9-15(16(14)11-12)13-6-3-2-4-7-13;1-6-5-7(2)9(4)8(6)3;1-3-2;2*1-2;/h2-11H,1H3;6H,1-4H3;1-2H3;2*1H3;/q;;;2*-1;+2. The Balaban J connectivity index is 0.000000914. The van der Waals surface area contributed by atoms with E-state index in [2.05, 4.69) is 102 Å². The van der Waals surface area contributed by atoms with Crippen LogP contribution in [-0.2, 0) is 20.4 Å². The van der Waals surface area contributed by atoms with E-state index in [1.807, 2.05) is 3.28 Å². The molecule has 4 rings (SSSR count). The van der Waals surface area contributed by atoms with Crippen LogP contribution < -0.4 is 10.2 Å². The molecule has 0 heterocycles. The van der Waals surface area contributed by atoms with E-state index in [4.69, 9.17) is 10.2 Å². The predicted octanol–water partition coefficient (Wildman–Crippen LogP) is 5.89. The molecular formula is C29H38O2SiZr. The Hall–Kier alpha value is -1.32. The van der Waals surface area contributed by atoms with Crippen molar-refractivity contribution >= 4 is 11.5 Å². The van der Waals surface area contributed by atoms with Crippen LogP contribution in [0.2, 0.25) is 13.1 Å². The summed E-state index contributed by atoms with van der Waals surface area (Å²) in [5.74, 6) is 0.665. The van der Waals surface area contributed by atoms with Crippen molar-refractivity contribution in [2.75, 3.05) is 14.2 Å². The van der Waals surface area contributed by atoms with Crippen molar-refractivity contribution in [3.05, 3.63) is 85.2 Å². The van der Waals surface area contributed by atoms with E-state index >= 15 is 0 Å². The zero-order valence-corrected chi connectivity index (χ0v) is 25.1. The van der Waals surface area contributed by atoms with Crippen molar-refractivity contribution in [1.29, 1.82) is 0 Å². The molecule has 0 saturated carbocycles. The first kappa shape index (κ1) is 27.9. The summed E-state index contributed by atoms with van der Waals surface area (Å²) in [6.07, 6.45) is 2.52. The van der Waals surface area contributed by atoms with Crippen molar-refractivity contribution in [3.8, 4) is 11.1 Å². The molecule has 4 heteroatoms. The molecule has 2 aromatic carbocycles. The molecule has 0 spiro atoms. The first-order valence-corrected chi connectivity index (χ1v) is 20.4. The van der Waals surface area contributed by atoms with Gasteiger partial charge in [0.2, 0.25) is 0 Å². The molecule has 0 fully saturated rings. The van der Waals surface area contributed by atoms with Crippen LogP contribution in [0.4, 0.5) is 0 Å². The van der Waals surface area contributed by atoms with Gasteiger partial charge in [-0.2, -0.15) is 14.2 Å². The van der Waals surface area contributed by atoms with Crippen LogP contribution >= 0.6 is 0 Å². The van der Waals surface area contributed by atoms with Gasteiger partial charge in [-0.15, -0.1) is 0 Å². The van der Waals surface area contributed by atoms with Crippen molar-refractivity contribution in [1.82, 2.24) is 0 Å². The molecule has 0 amide bonds. The van der Waals surface area contributed by atoms with Crippen LogP contribution in [0, 0.1) is 5.92 Å². The second-order valence-corrected chi connectivity index (χ2v) is 26.3. The van der Waals surface area contributed by atoms with Gasteiger partial charge in [-0.3, -0.25) is 0 Å². The molecule has 0 aliphatic heterocycles. The van der Waals surface area contributed by atoms with Gasteiger partial charge in [0.1, 0.15) is 0 Å². The minimum Gasteiger partial charge on any atom is -0.857 e. The van der Waals surface area contributed by atoms with Gasteiger partial charge >= 0.3 is 185 Å². The van der Waals surface area contributed by atoms with Crippen LogP contribution in [0.5, 0.6) is 0 Å². The summed E-state index contributed by atoms with van der Waals surface area (Å²) in [6, 6.07) is 18.0. The van der Waals surface area contributed by atoms with Gasteiger partial charge in [0.15, 0.2) is 0 Å². The number of hydrogen-bond donors (Lipinski definition) is 0. The largest absolute Gasteiger partial charge is 0.857 e. The minimum atomic E-state index is -1.89. The maximum absolute atomic E-state index is 8.25. The van der Waals surface area contributed by atoms with Crippen molar-refractivity contribution in [3.63, 3.8) is 0 Å². The Morgan fingerprint density at radius 2 is 1.39 bits per heavy atom. The fraction of sp³-hybridized carbons (Fsp3) is 0.379. The Morgan fingerprint density at radius 3 is 1.91 bits per heavy atom. The molecule has 0 radical (unpaired) electrons. The molecule has 2 unspecified atom stereocenters. The van der Waals surface area contributed by atoms with Crippen LogP contribution in [0.1, 0.15) is 49.4 Å². The van der Waals surface area contributed by atoms with Gasteiger partial charge in [0.25, 0.3) is 0 Å². The number of rotatable bonds is 3. The summed E-state index contributed by atoms with van der Waals surface area (Å²) in [5.41, 5.74) is 12.0. The Kier molecular flexibility index (Phi) is 10.5. The molecule has 33 heavy (non-hydrogen) atoms. The average Bonchev–Trinajstić information content (AvgIpc) is 3.27. The molecule has 2 aromatic rings. The van der Waals surface area contributed by atoms with E-state index in [0.29, 0.717) is 9.54 Å². The smallest absolute Gasteiger partial charge is 0.153 e. The third-order valence-electron chi connectivity index (χ3n) is 7.12. The minimum absolute atomic E-state index is 0.330. The summed E-state index contributed by atoms with van der Waals surface area (Å²) >= 11 is -1.89. The van der Waals surface area contributed by atoms with Crippen LogP contribution in [0.15, 0.2) is 74.1 Å². The third-order valence-corrected chi connectivity index (χ3v) is 26.2. The molecular weight excluding hydrogens is 500 g/mol. The maximum atomic E-state index is 8.25. The SMILES string of the molecule is CC1=Cc2c(-c3ccccc3)cccc2[CH]1[Zr+2]([C]1=C(C)C(C)=C(C)C1C)=[Si](C)C.C[O-].C[O-]. The van der Waals surface area contributed by atoms with E-state index in [0.717, 1.165) is 14.2 Å². The van der Waals surface area contributed by atoms with Crippen LogP contribution in [-0.4, -0.2) is 19.7 Å². The predicted molar refractivity (Wildman–Crippen MR) is 138 cm³/mol. The van der Waals surface area contributed by atoms with Crippen LogP contribution in [0.3, 0.4) is 0 Å². The molecule has 0 bridgehead atoms. The van der Waals surface area contributed by atoms with E-state index in [9.17, 15) is 0 Å². The summed E-state index contributed by atoms with van der Waals surface area (Å²) in [7, 11) is 1.50. The van der Waals surface area contributed by atoms with Gasteiger partial charge in [-0.05, 0) is 0 Å². The average molecular weight is 538 g/mol. The Bertz CT molecular complexity index is 1120. The van der Waals surface area contributed by atoms with Gasteiger partial charge in [0, 0.05) is 0 Å². The number of hydrogen-bond acceptors (Lipinski definition) is 2. The van der Waals surface area contributed by atoms with Gasteiger partial charge in [-0.25, -0.2) is 0 Å². The second kappa shape index (κ2) is 12.4. The maximum Gasteiger partial charge on any atom is -0.153 e. The first-order chi connectivity index (χ1) is 15.8. The molecule has 174 valence electrons. The van der Waals surface area contributed by atoms with Crippen LogP contribution in [0.25, 0.3) is 17.2 Å². The number of fused-ring (bicyclic) bond motifs is 1. The summed E-state index contributed by atoms with van der Waals surface area (Å²) in [5, 5.41) is 16.5. The fourth-order valence-electron chi connectivity index (χ4n) is 5.32. The zero-order chi connectivity index (χ0) is 24.9. The second-order valence-electron chi connectivity index (χ2n) is 8.98. The molecule has 2 atom stereocenters. The molecule has 0 aromatic heterocycles. The van der Waals surface area contributed by atoms with Gasteiger partial charge in [-0.1, -0.05) is 0 Å². The van der Waals surface area contributed by atoms with Crippen molar-refractivity contribution in [2.24, 2.45) is 5.92 Å².